The highest BCUT2D eigenvalue weighted by molar-refractivity contribution is 7.89. The number of amides is 1. The molecule has 0 aromatic carbocycles. The molecule has 1 fully saturated rings. The average molecular weight is 321 g/mol. The fourth-order valence-electron chi connectivity index (χ4n) is 2.73. The summed E-state index contributed by atoms with van der Waals surface area (Å²) in [6.07, 6.45) is 1.13. The Labute approximate surface area is 127 Å². The largest absolute Gasteiger partial charge is 0.465 e. The molecule has 0 aromatic heterocycles. The van der Waals surface area contributed by atoms with E-state index in [2.05, 4.69) is 10.6 Å². The molecule has 1 aliphatic heterocycles. The Kier molecular flexibility index (Phi) is 6.42. The standard InChI is InChI=1S/C13H27N3O4S/c1-4-9-16(11-5-7-14-8-6-11)21(19,20)10-13(2,3)15-12(17)18/h11,14-15H,4-10H2,1-3H3,(H,17,18). The number of sulfonamides is 1. The van der Waals surface area contributed by atoms with Gasteiger partial charge in [-0.3, -0.25) is 0 Å². The van der Waals surface area contributed by atoms with Crippen LogP contribution in [0.15, 0.2) is 0 Å². The van der Waals surface area contributed by atoms with Gasteiger partial charge in [-0.15, -0.1) is 0 Å². The van der Waals surface area contributed by atoms with E-state index in [1.807, 2.05) is 6.92 Å². The second kappa shape index (κ2) is 7.42. The van der Waals surface area contributed by atoms with Crippen LogP contribution < -0.4 is 10.6 Å². The summed E-state index contributed by atoms with van der Waals surface area (Å²) in [6, 6.07) is 0.0110. The molecule has 1 aliphatic rings. The average Bonchev–Trinajstić information content (AvgIpc) is 2.33. The molecule has 0 saturated carbocycles. The number of carbonyl (C=O) groups is 1. The maximum Gasteiger partial charge on any atom is 0.405 e. The summed E-state index contributed by atoms with van der Waals surface area (Å²) in [4.78, 5) is 10.8. The van der Waals surface area contributed by atoms with Gasteiger partial charge in [-0.25, -0.2) is 13.2 Å². The van der Waals surface area contributed by atoms with Crippen molar-refractivity contribution >= 4 is 16.1 Å². The summed E-state index contributed by atoms with van der Waals surface area (Å²) < 4.78 is 26.9. The minimum atomic E-state index is -3.51. The lowest BCUT2D eigenvalue weighted by molar-refractivity contribution is 0.184. The molecule has 0 aromatic rings. The van der Waals surface area contributed by atoms with Crippen LogP contribution in [-0.2, 0) is 10.0 Å². The Morgan fingerprint density at radius 1 is 1.38 bits per heavy atom. The van der Waals surface area contributed by atoms with Gasteiger partial charge in [0, 0.05) is 12.6 Å². The van der Waals surface area contributed by atoms with Gasteiger partial charge in [-0.1, -0.05) is 6.92 Å². The summed E-state index contributed by atoms with van der Waals surface area (Å²) in [5.74, 6) is -0.226. The topological polar surface area (TPSA) is 98.7 Å². The van der Waals surface area contributed by atoms with Crippen molar-refractivity contribution in [2.75, 3.05) is 25.4 Å². The van der Waals surface area contributed by atoms with Crippen molar-refractivity contribution in [3.8, 4) is 0 Å². The molecule has 0 bridgehead atoms. The first kappa shape index (κ1) is 18.2. The maximum absolute atomic E-state index is 12.7. The minimum absolute atomic E-state index is 0.0110. The molecule has 1 rings (SSSR count). The SMILES string of the molecule is CCCN(C1CCNCC1)S(=O)(=O)CC(C)(C)NC(=O)O. The van der Waals surface area contributed by atoms with Crippen LogP contribution in [0.4, 0.5) is 4.79 Å². The molecule has 8 heteroatoms. The first-order valence-corrected chi connectivity index (χ1v) is 9.00. The third-order valence-corrected chi connectivity index (χ3v) is 5.79. The lowest BCUT2D eigenvalue weighted by Crippen LogP contribution is -2.54. The van der Waals surface area contributed by atoms with Crippen molar-refractivity contribution in [2.24, 2.45) is 0 Å². The second-order valence-corrected chi connectivity index (χ2v) is 8.08. The van der Waals surface area contributed by atoms with Gasteiger partial charge in [-0.2, -0.15) is 4.31 Å². The summed E-state index contributed by atoms with van der Waals surface area (Å²) in [5, 5.41) is 14.3. The number of piperidine rings is 1. The van der Waals surface area contributed by atoms with Crippen LogP contribution in [0.1, 0.15) is 40.0 Å². The number of hydrogen-bond acceptors (Lipinski definition) is 4. The van der Waals surface area contributed by atoms with E-state index in [1.54, 1.807) is 18.2 Å². The summed E-state index contributed by atoms with van der Waals surface area (Å²) >= 11 is 0. The predicted molar refractivity (Wildman–Crippen MR) is 81.9 cm³/mol. The smallest absolute Gasteiger partial charge is 0.405 e. The fraction of sp³-hybridized carbons (Fsp3) is 0.923. The first-order chi connectivity index (χ1) is 9.68. The van der Waals surface area contributed by atoms with E-state index in [0.717, 1.165) is 32.4 Å². The quantitative estimate of drug-likeness (QED) is 0.645. The Morgan fingerprint density at radius 2 is 1.95 bits per heavy atom. The van der Waals surface area contributed by atoms with Gasteiger partial charge < -0.3 is 15.7 Å². The molecule has 3 N–H and O–H groups in total. The van der Waals surface area contributed by atoms with Crippen LogP contribution in [0.25, 0.3) is 0 Å². The predicted octanol–water partition coefficient (Wildman–Crippen LogP) is 0.826. The minimum Gasteiger partial charge on any atom is -0.465 e. The number of rotatable bonds is 7. The van der Waals surface area contributed by atoms with Crippen molar-refractivity contribution in [3.63, 3.8) is 0 Å². The van der Waals surface area contributed by atoms with E-state index in [-0.39, 0.29) is 11.8 Å². The number of carboxylic acid groups (broad SMARTS) is 1. The molecule has 1 heterocycles. The van der Waals surface area contributed by atoms with Crippen molar-refractivity contribution in [1.82, 2.24) is 14.9 Å². The van der Waals surface area contributed by atoms with Gasteiger partial charge in [0.15, 0.2) is 0 Å². The van der Waals surface area contributed by atoms with Crippen LogP contribution in [-0.4, -0.2) is 60.9 Å². The van der Waals surface area contributed by atoms with Gasteiger partial charge in [0.2, 0.25) is 10.0 Å². The van der Waals surface area contributed by atoms with Crippen molar-refractivity contribution in [2.45, 2.75) is 51.6 Å². The van der Waals surface area contributed by atoms with Crippen LogP contribution in [0.3, 0.4) is 0 Å². The fourth-order valence-corrected chi connectivity index (χ4v) is 5.00. The molecule has 1 amide bonds. The highest BCUT2D eigenvalue weighted by Crippen LogP contribution is 2.20. The zero-order valence-corrected chi connectivity index (χ0v) is 13.9. The van der Waals surface area contributed by atoms with Crippen molar-refractivity contribution in [3.05, 3.63) is 0 Å². The Morgan fingerprint density at radius 3 is 2.43 bits per heavy atom. The summed E-state index contributed by atoms with van der Waals surface area (Å²) in [7, 11) is -3.51. The molecular weight excluding hydrogens is 294 g/mol. The van der Waals surface area contributed by atoms with E-state index < -0.39 is 21.7 Å². The normalized spacial score (nSPS) is 17.9. The van der Waals surface area contributed by atoms with Gasteiger partial charge in [0.05, 0.1) is 11.3 Å². The highest BCUT2D eigenvalue weighted by atomic mass is 32.2. The van der Waals surface area contributed by atoms with Crippen molar-refractivity contribution < 1.29 is 18.3 Å². The number of hydrogen-bond donors (Lipinski definition) is 3. The third-order valence-electron chi connectivity index (χ3n) is 3.51. The van der Waals surface area contributed by atoms with Crippen LogP contribution in [0, 0.1) is 0 Å². The molecule has 7 nitrogen and oxygen atoms in total. The van der Waals surface area contributed by atoms with Gasteiger partial charge in [0.25, 0.3) is 0 Å². The van der Waals surface area contributed by atoms with Crippen LogP contribution >= 0.6 is 0 Å². The van der Waals surface area contributed by atoms with E-state index in [0.29, 0.717) is 6.54 Å². The Bertz CT molecular complexity index is 444. The van der Waals surface area contributed by atoms with Crippen molar-refractivity contribution in [1.29, 1.82) is 0 Å². The highest BCUT2D eigenvalue weighted by Gasteiger charge is 2.35. The van der Waals surface area contributed by atoms with Gasteiger partial charge >= 0.3 is 6.09 Å². The first-order valence-electron chi connectivity index (χ1n) is 7.39. The zero-order chi connectivity index (χ0) is 16.1. The Hall–Kier alpha value is -0.860. The molecule has 0 radical (unpaired) electrons. The lowest BCUT2D eigenvalue weighted by Gasteiger charge is -2.36. The molecular formula is C13H27N3O4S. The van der Waals surface area contributed by atoms with E-state index in [9.17, 15) is 13.2 Å². The van der Waals surface area contributed by atoms with Gasteiger partial charge in [0.1, 0.15) is 0 Å². The maximum atomic E-state index is 12.7. The van der Waals surface area contributed by atoms with E-state index >= 15 is 0 Å². The summed E-state index contributed by atoms with van der Waals surface area (Å²) in [5.41, 5.74) is -1.01. The molecule has 124 valence electrons. The Balaban J connectivity index is 2.86. The molecule has 21 heavy (non-hydrogen) atoms. The zero-order valence-electron chi connectivity index (χ0n) is 13.1. The lowest BCUT2D eigenvalue weighted by atomic mass is 10.1. The van der Waals surface area contributed by atoms with Gasteiger partial charge in [-0.05, 0) is 46.2 Å². The number of nitrogens with one attached hydrogen (secondary N) is 2. The molecule has 0 spiro atoms. The van der Waals surface area contributed by atoms with Crippen LogP contribution in [0.2, 0.25) is 0 Å². The van der Waals surface area contributed by atoms with E-state index in [1.165, 1.54) is 0 Å². The number of nitrogens with zero attached hydrogens (tertiary/aromatic N) is 1. The van der Waals surface area contributed by atoms with Crippen LogP contribution in [0.5, 0.6) is 0 Å². The molecule has 0 atom stereocenters. The monoisotopic (exact) mass is 321 g/mol. The second-order valence-electron chi connectivity index (χ2n) is 6.16. The third kappa shape index (κ3) is 5.80. The van der Waals surface area contributed by atoms with E-state index in [4.69, 9.17) is 5.11 Å². The summed E-state index contributed by atoms with van der Waals surface area (Å²) in [6.45, 7) is 7.24. The molecule has 0 aliphatic carbocycles. The molecule has 0 unspecified atom stereocenters. The molecule has 1 saturated heterocycles.